The summed E-state index contributed by atoms with van der Waals surface area (Å²) in [6, 6.07) is 13.5. The molecule has 0 saturated carbocycles. The van der Waals surface area contributed by atoms with Crippen molar-refractivity contribution in [3.05, 3.63) is 96.2 Å². The summed E-state index contributed by atoms with van der Waals surface area (Å²) in [5.74, 6) is -0.223. The Bertz CT molecular complexity index is 1550. The topological polar surface area (TPSA) is 96.2 Å². The van der Waals surface area contributed by atoms with E-state index in [-0.39, 0.29) is 17.7 Å². The van der Waals surface area contributed by atoms with Crippen molar-refractivity contribution in [3.8, 4) is 5.75 Å². The van der Waals surface area contributed by atoms with Crippen molar-refractivity contribution in [1.82, 2.24) is 4.57 Å². The van der Waals surface area contributed by atoms with Crippen molar-refractivity contribution in [3.63, 3.8) is 0 Å². The van der Waals surface area contributed by atoms with Crippen LogP contribution in [0.2, 0.25) is 0 Å². The van der Waals surface area contributed by atoms with E-state index in [1.807, 2.05) is 30.3 Å². The molecule has 9 heteroatoms. The fourth-order valence-corrected chi connectivity index (χ4v) is 5.43. The highest BCUT2D eigenvalue weighted by Crippen LogP contribution is 2.31. The number of allylic oxidation sites excluding steroid dienone is 1. The number of thiazole rings is 1. The van der Waals surface area contributed by atoms with Crippen molar-refractivity contribution in [1.29, 1.82) is 0 Å². The van der Waals surface area contributed by atoms with Gasteiger partial charge < -0.3 is 14.2 Å². The first-order valence-corrected chi connectivity index (χ1v) is 13.8. The zero-order valence-corrected chi connectivity index (χ0v) is 23.4. The second-order valence-electron chi connectivity index (χ2n) is 9.04. The summed E-state index contributed by atoms with van der Waals surface area (Å²) in [6.45, 7) is 6.48. The molecule has 39 heavy (non-hydrogen) atoms. The molecule has 3 aromatic rings. The third kappa shape index (κ3) is 6.20. The zero-order chi connectivity index (χ0) is 27.9. The third-order valence-electron chi connectivity index (χ3n) is 6.36. The molecule has 0 amide bonds. The normalized spacial score (nSPS) is 15.0. The molecule has 1 aliphatic heterocycles. The predicted molar refractivity (Wildman–Crippen MR) is 150 cm³/mol. The van der Waals surface area contributed by atoms with Crippen LogP contribution in [0.25, 0.3) is 6.08 Å². The molecular formula is C30H32N2O6S. The van der Waals surface area contributed by atoms with Gasteiger partial charge in [0, 0.05) is 0 Å². The molecule has 8 nitrogen and oxygen atoms in total. The standard InChI is InChI=1S/C30H32N2O6S/c1-5-7-8-17-38-23-15-9-20(10-16-23)18-24-27(33)32-26(21-11-13-22(14-12-21)28(34)36-4)25(29(35)37-6-2)19(3)31-30(32)39-24/h9-16,18,26H,5-8,17H2,1-4H3. The molecule has 4 rings (SSSR count). The van der Waals surface area contributed by atoms with E-state index in [0.717, 1.165) is 30.6 Å². The number of aromatic nitrogens is 1. The van der Waals surface area contributed by atoms with Crippen LogP contribution in [0.15, 0.2) is 69.6 Å². The van der Waals surface area contributed by atoms with E-state index >= 15 is 0 Å². The van der Waals surface area contributed by atoms with Gasteiger partial charge in [-0.1, -0.05) is 55.4 Å². The average Bonchev–Trinajstić information content (AvgIpc) is 3.24. The van der Waals surface area contributed by atoms with E-state index < -0.39 is 18.0 Å². The smallest absolute Gasteiger partial charge is 0.338 e. The van der Waals surface area contributed by atoms with Crippen LogP contribution in [0, 0.1) is 0 Å². The molecular weight excluding hydrogens is 516 g/mol. The Kier molecular flexibility index (Phi) is 9.14. The third-order valence-corrected chi connectivity index (χ3v) is 7.34. The van der Waals surface area contributed by atoms with Crippen molar-refractivity contribution in [2.75, 3.05) is 20.3 Å². The van der Waals surface area contributed by atoms with Crippen LogP contribution >= 0.6 is 11.3 Å². The summed E-state index contributed by atoms with van der Waals surface area (Å²) in [6.07, 6.45) is 5.09. The van der Waals surface area contributed by atoms with Gasteiger partial charge >= 0.3 is 11.9 Å². The molecule has 1 aromatic heterocycles. The first-order chi connectivity index (χ1) is 18.9. The second-order valence-corrected chi connectivity index (χ2v) is 10.0. The summed E-state index contributed by atoms with van der Waals surface area (Å²) in [5.41, 5.74) is 2.36. The van der Waals surface area contributed by atoms with Crippen LogP contribution in [0.5, 0.6) is 5.75 Å². The number of hydrogen-bond acceptors (Lipinski definition) is 8. The minimum atomic E-state index is -0.756. The molecule has 2 aromatic carbocycles. The predicted octanol–water partition coefficient (Wildman–Crippen LogP) is 4.15. The van der Waals surface area contributed by atoms with E-state index in [4.69, 9.17) is 14.2 Å². The molecule has 2 heterocycles. The number of carbonyl (C=O) groups excluding carboxylic acids is 2. The number of carbonyl (C=O) groups is 2. The molecule has 0 radical (unpaired) electrons. The zero-order valence-electron chi connectivity index (χ0n) is 22.6. The first-order valence-electron chi connectivity index (χ1n) is 13.0. The fourth-order valence-electron chi connectivity index (χ4n) is 4.38. The van der Waals surface area contributed by atoms with E-state index in [1.54, 1.807) is 38.1 Å². The second kappa shape index (κ2) is 12.7. The number of rotatable bonds is 10. The van der Waals surface area contributed by atoms with E-state index in [1.165, 1.54) is 23.0 Å². The highest BCUT2D eigenvalue weighted by Gasteiger charge is 2.33. The number of esters is 2. The molecule has 0 aliphatic carbocycles. The Balaban J connectivity index is 1.75. The van der Waals surface area contributed by atoms with Crippen LogP contribution < -0.4 is 19.6 Å². The summed E-state index contributed by atoms with van der Waals surface area (Å²) in [7, 11) is 1.31. The van der Waals surface area contributed by atoms with E-state index in [0.29, 0.717) is 32.8 Å². The van der Waals surface area contributed by atoms with Crippen LogP contribution in [0.4, 0.5) is 0 Å². The average molecular weight is 549 g/mol. The van der Waals surface area contributed by atoms with Gasteiger partial charge in [-0.15, -0.1) is 0 Å². The lowest BCUT2D eigenvalue weighted by Gasteiger charge is -2.24. The monoisotopic (exact) mass is 548 g/mol. The van der Waals surface area contributed by atoms with Crippen molar-refractivity contribution >= 4 is 29.4 Å². The van der Waals surface area contributed by atoms with Gasteiger partial charge in [0.15, 0.2) is 4.80 Å². The summed E-state index contributed by atoms with van der Waals surface area (Å²) in [5, 5.41) is 0. The number of nitrogens with zero attached hydrogens (tertiary/aromatic N) is 2. The molecule has 0 bridgehead atoms. The van der Waals surface area contributed by atoms with Gasteiger partial charge in [-0.2, -0.15) is 0 Å². The highest BCUT2D eigenvalue weighted by molar-refractivity contribution is 7.07. The number of fused-ring (bicyclic) bond motifs is 1. The number of methoxy groups -OCH3 is 1. The lowest BCUT2D eigenvalue weighted by atomic mass is 9.95. The number of hydrogen-bond donors (Lipinski definition) is 0. The minimum absolute atomic E-state index is 0.187. The maximum atomic E-state index is 13.7. The lowest BCUT2D eigenvalue weighted by molar-refractivity contribution is -0.139. The van der Waals surface area contributed by atoms with Gasteiger partial charge in [0.1, 0.15) is 5.75 Å². The Morgan fingerprint density at radius 3 is 2.38 bits per heavy atom. The Morgan fingerprint density at radius 1 is 1.03 bits per heavy atom. The van der Waals surface area contributed by atoms with Gasteiger partial charge in [-0.25, -0.2) is 14.6 Å². The highest BCUT2D eigenvalue weighted by atomic mass is 32.1. The quantitative estimate of drug-likeness (QED) is 0.279. The summed E-state index contributed by atoms with van der Waals surface area (Å²) >= 11 is 1.26. The Labute approximate surface area is 230 Å². The minimum Gasteiger partial charge on any atom is -0.494 e. The number of ether oxygens (including phenoxy) is 3. The van der Waals surface area contributed by atoms with Crippen molar-refractivity contribution < 1.29 is 23.8 Å². The molecule has 0 saturated heterocycles. The SMILES string of the molecule is CCCCCOc1ccc(C=c2sc3n(c2=O)C(c2ccc(C(=O)OC)cc2)C(C(=O)OCC)=C(C)N=3)cc1. The van der Waals surface area contributed by atoms with Crippen LogP contribution in [-0.2, 0) is 14.3 Å². The first kappa shape index (κ1) is 28.0. The Hall–Kier alpha value is -3.98. The molecule has 0 spiro atoms. The van der Waals surface area contributed by atoms with Gasteiger partial charge in [-0.3, -0.25) is 9.36 Å². The van der Waals surface area contributed by atoms with Gasteiger partial charge in [0.05, 0.1) is 47.7 Å². The largest absolute Gasteiger partial charge is 0.494 e. The van der Waals surface area contributed by atoms with E-state index in [2.05, 4.69) is 11.9 Å². The molecule has 1 unspecified atom stereocenters. The molecule has 0 N–H and O–H groups in total. The van der Waals surface area contributed by atoms with Crippen LogP contribution in [0.3, 0.4) is 0 Å². The van der Waals surface area contributed by atoms with Gasteiger partial charge in [0.2, 0.25) is 0 Å². The lowest BCUT2D eigenvalue weighted by Crippen LogP contribution is -2.39. The summed E-state index contributed by atoms with van der Waals surface area (Å²) < 4.78 is 17.9. The van der Waals surface area contributed by atoms with E-state index in [9.17, 15) is 14.4 Å². The molecule has 204 valence electrons. The van der Waals surface area contributed by atoms with Gasteiger partial charge in [0.25, 0.3) is 5.56 Å². The maximum absolute atomic E-state index is 13.7. The molecule has 1 aliphatic rings. The van der Waals surface area contributed by atoms with Crippen molar-refractivity contribution in [2.45, 2.75) is 46.1 Å². The van der Waals surface area contributed by atoms with Crippen LogP contribution in [-0.4, -0.2) is 36.8 Å². The van der Waals surface area contributed by atoms with Gasteiger partial charge in [-0.05, 0) is 61.7 Å². The Morgan fingerprint density at radius 2 is 1.74 bits per heavy atom. The number of unbranched alkanes of at least 4 members (excludes halogenated alkanes) is 2. The van der Waals surface area contributed by atoms with Crippen molar-refractivity contribution in [2.24, 2.45) is 4.99 Å². The molecule has 1 atom stereocenters. The fraction of sp³-hybridized carbons (Fsp3) is 0.333. The number of benzene rings is 2. The summed E-state index contributed by atoms with van der Waals surface area (Å²) in [4.78, 5) is 43.8. The van der Waals surface area contributed by atoms with Crippen LogP contribution in [0.1, 0.15) is 67.6 Å². The molecule has 0 fully saturated rings. The maximum Gasteiger partial charge on any atom is 0.338 e.